The van der Waals surface area contributed by atoms with E-state index in [0.717, 1.165) is 19.6 Å². The van der Waals surface area contributed by atoms with Crippen LogP contribution in [0.4, 0.5) is 4.39 Å². The van der Waals surface area contributed by atoms with Crippen LogP contribution in [0.15, 0.2) is 24.3 Å². The summed E-state index contributed by atoms with van der Waals surface area (Å²) in [7, 11) is 0. The highest BCUT2D eigenvalue weighted by atomic mass is 19.1. The van der Waals surface area contributed by atoms with Crippen LogP contribution in [0, 0.1) is 11.2 Å². The van der Waals surface area contributed by atoms with Gasteiger partial charge in [-0.25, -0.2) is 4.39 Å². The van der Waals surface area contributed by atoms with E-state index in [0.29, 0.717) is 44.5 Å². The van der Waals surface area contributed by atoms with Crippen molar-refractivity contribution in [2.75, 3.05) is 39.3 Å². The Kier molecular flexibility index (Phi) is 5.37. The van der Waals surface area contributed by atoms with Crippen molar-refractivity contribution in [3.63, 3.8) is 0 Å². The fourth-order valence-corrected chi connectivity index (χ4v) is 3.41. The van der Waals surface area contributed by atoms with Crippen molar-refractivity contribution in [2.45, 2.75) is 26.2 Å². The largest absolute Gasteiger partial charge is 0.355 e. The van der Waals surface area contributed by atoms with Crippen LogP contribution in [-0.2, 0) is 16.0 Å². The average Bonchev–Trinajstić information content (AvgIpc) is 3.45. The first-order valence-electron chi connectivity index (χ1n) is 9.10. The van der Waals surface area contributed by atoms with Gasteiger partial charge in [-0.05, 0) is 37.4 Å². The van der Waals surface area contributed by atoms with Crippen LogP contribution in [-0.4, -0.2) is 60.9 Å². The maximum absolute atomic E-state index is 13.6. The van der Waals surface area contributed by atoms with Gasteiger partial charge in [0.1, 0.15) is 11.2 Å². The summed E-state index contributed by atoms with van der Waals surface area (Å²) in [6.07, 6.45) is 1.66. The molecule has 2 fully saturated rings. The van der Waals surface area contributed by atoms with Crippen LogP contribution in [0.25, 0.3) is 0 Å². The van der Waals surface area contributed by atoms with Gasteiger partial charge in [0, 0.05) is 32.7 Å². The fourth-order valence-electron chi connectivity index (χ4n) is 3.41. The molecule has 1 saturated heterocycles. The van der Waals surface area contributed by atoms with Crippen LogP contribution in [0.1, 0.15) is 25.3 Å². The van der Waals surface area contributed by atoms with Crippen LogP contribution in [0.3, 0.4) is 0 Å². The number of piperazine rings is 1. The molecule has 1 heterocycles. The highest BCUT2D eigenvalue weighted by Gasteiger charge is 2.57. The number of hydrogen-bond acceptors (Lipinski definition) is 3. The monoisotopic (exact) mass is 347 g/mol. The second kappa shape index (κ2) is 7.52. The second-order valence-electron chi connectivity index (χ2n) is 6.91. The molecule has 6 heteroatoms. The molecule has 2 amide bonds. The molecule has 0 bridgehead atoms. The molecule has 5 nitrogen and oxygen atoms in total. The van der Waals surface area contributed by atoms with Crippen molar-refractivity contribution in [1.82, 2.24) is 15.1 Å². The number of hydrogen-bond donors (Lipinski definition) is 1. The van der Waals surface area contributed by atoms with Gasteiger partial charge in [0.2, 0.25) is 11.8 Å². The number of benzene rings is 1. The molecule has 2 aliphatic rings. The maximum atomic E-state index is 13.6. The zero-order valence-corrected chi connectivity index (χ0v) is 14.8. The molecule has 1 aliphatic carbocycles. The quantitative estimate of drug-likeness (QED) is 0.792. The molecule has 0 atom stereocenters. The lowest BCUT2D eigenvalue weighted by Crippen LogP contribution is -2.53. The van der Waals surface area contributed by atoms with Crippen LogP contribution in [0.5, 0.6) is 0 Å². The van der Waals surface area contributed by atoms with Crippen LogP contribution >= 0.6 is 0 Å². The van der Waals surface area contributed by atoms with E-state index in [-0.39, 0.29) is 17.6 Å². The predicted molar refractivity (Wildman–Crippen MR) is 93.5 cm³/mol. The van der Waals surface area contributed by atoms with E-state index >= 15 is 0 Å². The summed E-state index contributed by atoms with van der Waals surface area (Å²) in [6.45, 7) is 6.57. The number of carbonyl (C=O) groups excluding carboxylic acids is 2. The Labute approximate surface area is 148 Å². The Morgan fingerprint density at radius 1 is 1.16 bits per heavy atom. The number of nitrogens with one attached hydrogen (secondary N) is 1. The Morgan fingerprint density at radius 3 is 2.44 bits per heavy atom. The summed E-state index contributed by atoms with van der Waals surface area (Å²) >= 11 is 0. The van der Waals surface area contributed by atoms with Gasteiger partial charge in [-0.3, -0.25) is 9.59 Å². The first-order chi connectivity index (χ1) is 12.1. The third kappa shape index (κ3) is 3.84. The summed E-state index contributed by atoms with van der Waals surface area (Å²) in [5.74, 6) is -0.499. The average molecular weight is 347 g/mol. The van der Waals surface area contributed by atoms with E-state index < -0.39 is 5.41 Å². The zero-order valence-electron chi connectivity index (χ0n) is 14.8. The first kappa shape index (κ1) is 17.9. The molecule has 136 valence electrons. The maximum Gasteiger partial charge on any atom is 0.238 e. The molecule has 1 N–H and O–H groups in total. The second-order valence-corrected chi connectivity index (χ2v) is 6.91. The van der Waals surface area contributed by atoms with E-state index in [9.17, 15) is 14.0 Å². The van der Waals surface area contributed by atoms with Gasteiger partial charge >= 0.3 is 0 Å². The van der Waals surface area contributed by atoms with Gasteiger partial charge in [0.15, 0.2) is 0 Å². The normalized spacial score (nSPS) is 19.5. The molecule has 0 spiro atoms. The zero-order chi connectivity index (χ0) is 17.9. The van der Waals surface area contributed by atoms with Crippen molar-refractivity contribution >= 4 is 11.8 Å². The predicted octanol–water partition coefficient (Wildman–Crippen LogP) is 1.43. The molecule has 0 radical (unpaired) electrons. The number of halogens is 1. The van der Waals surface area contributed by atoms with Crippen LogP contribution in [0.2, 0.25) is 0 Å². The SMILES string of the molecule is CCN1CCN(C(=O)C2(C(=O)NCCc3ccccc3F)CC2)CC1. The lowest BCUT2D eigenvalue weighted by Gasteiger charge is -2.35. The molecule has 1 aromatic carbocycles. The van der Waals surface area contributed by atoms with Crippen molar-refractivity contribution in [3.05, 3.63) is 35.6 Å². The van der Waals surface area contributed by atoms with E-state index in [1.54, 1.807) is 18.2 Å². The van der Waals surface area contributed by atoms with Gasteiger partial charge in [0.05, 0.1) is 0 Å². The summed E-state index contributed by atoms with van der Waals surface area (Å²) in [6, 6.07) is 6.56. The van der Waals surface area contributed by atoms with E-state index in [1.165, 1.54) is 6.07 Å². The van der Waals surface area contributed by atoms with Crippen molar-refractivity contribution < 1.29 is 14.0 Å². The Hall–Kier alpha value is -1.95. The Bertz CT molecular complexity index is 637. The summed E-state index contributed by atoms with van der Waals surface area (Å²) in [4.78, 5) is 29.5. The molecule has 3 rings (SSSR count). The van der Waals surface area contributed by atoms with Gasteiger partial charge in [0.25, 0.3) is 0 Å². The van der Waals surface area contributed by atoms with Crippen LogP contribution < -0.4 is 5.32 Å². The fraction of sp³-hybridized carbons (Fsp3) is 0.579. The van der Waals surface area contributed by atoms with Crippen molar-refractivity contribution in [2.24, 2.45) is 5.41 Å². The minimum Gasteiger partial charge on any atom is -0.355 e. The Balaban J connectivity index is 1.51. The highest BCUT2D eigenvalue weighted by Crippen LogP contribution is 2.47. The summed E-state index contributed by atoms with van der Waals surface area (Å²) in [5.41, 5.74) is -0.293. The minimum atomic E-state index is -0.871. The number of nitrogens with zero attached hydrogens (tertiary/aromatic N) is 2. The van der Waals surface area contributed by atoms with E-state index in [1.807, 2.05) is 4.90 Å². The van der Waals surface area contributed by atoms with Gasteiger partial charge < -0.3 is 15.1 Å². The smallest absolute Gasteiger partial charge is 0.238 e. The molecule has 25 heavy (non-hydrogen) atoms. The number of rotatable bonds is 6. The lowest BCUT2D eigenvalue weighted by atomic mass is 10.0. The topological polar surface area (TPSA) is 52.7 Å². The van der Waals surface area contributed by atoms with E-state index in [2.05, 4.69) is 17.1 Å². The number of likely N-dealkylation sites (N-methyl/N-ethyl adjacent to an activating group) is 1. The molecule has 0 unspecified atom stereocenters. The standard InChI is InChI=1S/C19H26FN3O2/c1-2-22-11-13-23(14-12-22)18(25)19(8-9-19)17(24)21-10-7-15-5-3-4-6-16(15)20/h3-6H,2,7-14H2,1H3,(H,21,24). The third-order valence-electron chi connectivity index (χ3n) is 5.34. The molecule has 1 aliphatic heterocycles. The highest BCUT2D eigenvalue weighted by molar-refractivity contribution is 6.07. The first-order valence-corrected chi connectivity index (χ1v) is 9.10. The number of carbonyl (C=O) groups is 2. The molecule has 1 aromatic rings. The van der Waals surface area contributed by atoms with Gasteiger partial charge in [-0.2, -0.15) is 0 Å². The third-order valence-corrected chi connectivity index (χ3v) is 5.34. The molecule has 0 aromatic heterocycles. The van der Waals surface area contributed by atoms with E-state index in [4.69, 9.17) is 0 Å². The molecule has 1 saturated carbocycles. The van der Waals surface area contributed by atoms with Gasteiger partial charge in [-0.1, -0.05) is 25.1 Å². The molecular weight excluding hydrogens is 321 g/mol. The van der Waals surface area contributed by atoms with Crippen molar-refractivity contribution in [1.29, 1.82) is 0 Å². The lowest BCUT2D eigenvalue weighted by molar-refractivity contribution is -0.145. The number of amides is 2. The van der Waals surface area contributed by atoms with Gasteiger partial charge in [-0.15, -0.1) is 0 Å². The Morgan fingerprint density at radius 2 is 1.84 bits per heavy atom. The minimum absolute atomic E-state index is 0.0355. The van der Waals surface area contributed by atoms with Crippen molar-refractivity contribution in [3.8, 4) is 0 Å². The molecular formula is C19H26FN3O2. The summed E-state index contributed by atoms with van der Waals surface area (Å²) < 4.78 is 13.6. The summed E-state index contributed by atoms with van der Waals surface area (Å²) in [5, 5.41) is 2.84.